The Morgan fingerprint density at radius 3 is 2.09 bits per heavy atom. The molecular weight excluding hydrogens is 477 g/mol. The highest BCUT2D eigenvalue weighted by molar-refractivity contribution is 6.26. The van der Waals surface area contributed by atoms with Crippen LogP contribution in [0.15, 0.2) is 45.6 Å². The smallest absolute Gasteiger partial charge is 0.453 e. The number of hydrogen-bond acceptors (Lipinski definition) is 8. The average Bonchev–Trinajstić information content (AvgIpc) is 2.77. The van der Waals surface area contributed by atoms with Crippen molar-refractivity contribution in [1.82, 2.24) is 0 Å². The minimum Gasteiger partial charge on any atom is -0.539 e. The number of carbonyl (C=O) groups excluding carboxylic acids is 1. The van der Waals surface area contributed by atoms with E-state index >= 15 is 0 Å². The van der Waals surface area contributed by atoms with Crippen LogP contribution >= 0.6 is 0 Å². The zero-order chi connectivity index (χ0) is 26.5. The molecule has 1 aromatic heterocycles. The number of methoxy groups -OCH3 is 1. The SMILES string of the molecule is COc1ccc(Oc2c(C(F)(F)F)oc3c(CC(C)C)c(O)ccc3c2=O)cc1.O=C([O-])C(=O)O. The second-order valence-electron chi connectivity index (χ2n) is 7.50. The number of carbonyl (C=O) groups is 2. The van der Waals surface area contributed by atoms with Crippen LogP contribution in [0.25, 0.3) is 11.0 Å². The first-order valence-electron chi connectivity index (χ1n) is 9.91. The Bertz CT molecular complexity index is 1260. The second-order valence-corrected chi connectivity index (χ2v) is 7.50. The molecule has 35 heavy (non-hydrogen) atoms. The Morgan fingerprint density at radius 2 is 1.63 bits per heavy atom. The van der Waals surface area contributed by atoms with Gasteiger partial charge in [0.05, 0.1) is 12.5 Å². The van der Waals surface area contributed by atoms with E-state index in [1.165, 1.54) is 43.5 Å². The van der Waals surface area contributed by atoms with E-state index in [0.717, 1.165) is 0 Å². The van der Waals surface area contributed by atoms with Gasteiger partial charge in [0, 0.05) is 5.56 Å². The topological polar surface area (TPSA) is 146 Å². The van der Waals surface area contributed by atoms with Crippen molar-refractivity contribution in [3.8, 4) is 23.0 Å². The standard InChI is InChI=1S/C21H19F3O5.C2H2O4/c1-11(2)10-15-16(25)9-8-14-17(26)19(20(21(22,23)24)29-18(14)15)28-13-6-4-12(27-3)5-7-13;3-1(4)2(5)6/h4-9,11,25H,10H2,1-3H3;(H,3,4)(H,5,6)/p-1. The Kier molecular flexibility index (Phi) is 8.34. The van der Waals surface area contributed by atoms with E-state index in [2.05, 4.69) is 0 Å². The quantitative estimate of drug-likeness (QED) is 0.507. The summed E-state index contributed by atoms with van der Waals surface area (Å²) in [6, 6.07) is 8.23. The number of halogens is 3. The maximum absolute atomic E-state index is 13.7. The molecule has 12 heteroatoms. The molecule has 2 aromatic carbocycles. The van der Waals surface area contributed by atoms with Crippen LogP contribution in [0.1, 0.15) is 25.2 Å². The molecule has 9 nitrogen and oxygen atoms in total. The molecule has 0 bridgehead atoms. The first-order valence-corrected chi connectivity index (χ1v) is 9.91. The number of hydrogen-bond donors (Lipinski definition) is 2. The van der Waals surface area contributed by atoms with Gasteiger partial charge >= 0.3 is 12.1 Å². The predicted molar refractivity (Wildman–Crippen MR) is 113 cm³/mol. The summed E-state index contributed by atoms with van der Waals surface area (Å²) in [5.74, 6) is -6.24. The lowest BCUT2D eigenvalue weighted by Gasteiger charge is -2.16. The van der Waals surface area contributed by atoms with Gasteiger partial charge in [-0.2, -0.15) is 13.2 Å². The maximum atomic E-state index is 13.7. The van der Waals surface area contributed by atoms with Crippen molar-refractivity contribution in [2.24, 2.45) is 5.92 Å². The van der Waals surface area contributed by atoms with Gasteiger partial charge in [-0.25, -0.2) is 4.79 Å². The molecule has 0 atom stereocenters. The molecule has 0 amide bonds. The predicted octanol–water partition coefficient (Wildman–Crippen LogP) is 3.34. The monoisotopic (exact) mass is 497 g/mol. The van der Waals surface area contributed by atoms with Crippen LogP contribution in [-0.4, -0.2) is 29.3 Å². The second kappa shape index (κ2) is 10.8. The van der Waals surface area contributed by atoms with Crippen molar-refractivity contribution in [3.05, 3.63) is 57.9 Å². The Morgan fingerprint density at radius 1 is 1.09 bits per heavy atom. The fraction of sp³-hybridized carbons (Fsp3) is 0.261. The maximum Gasteiger partial charge on any atom is 0.453 e. The molecule has 0 radical (unpaired) electrons. The van der Waals surface area contributed by atoms with E-state index in [0.29, 0.717) is 5.75 Å². The fourth-order valence-corrected chi connectivity index (χ4v) is 2.93. The lowest BCUT2D eigenvalue weighted by Crippen LogP contribution is -2.30. The molecule has 2 N–H and O–H groups in total. The Labute approximate surface area is 195 Å². The summed E-state index contributed by atoms with van der Waals surface area (Å²) < 4.78 is 56.4. The number of phenols is 1. The third kappa shape index (κ3) is 6.65. The van der Waals surface area contributed by atoms with Crippen molar-refractivity contribution in [3.63, 3.8) is 0 Å². The summed E-state index contributed by atoms with van der Waals surface area (Å²) in [5, 5.41) is 26.3. The first kappa shape index (κ1) is 27.0. The van der Waals surface area contributed by atoms with Gasteiger partial charge in [0.2, 0.25) is 11.2 Å². The number of aromatic hydroxyl groups is 1. The van der Waals surface area contributed by atoms with Crippen molar-refractivity contribution in [1.29, 1.82) is 0 Å². The summed E-state index contributed by atoms with van der Waals surface area (Å²) in [6.07, 6.45) is -4.74. The summed E-state index contributed by atoms with van der Waals surface area (Å²) in [6.45, 7) is 3.67. The van der Waals surface area contributed by atoms with Gasteiger partial charge < -0.3 is 34.0 Å². The molecule has 3 aromatic rings. The molecule has 0 fully saturated rings. The minimum atomic E-state index is -4.98. The summed E-state index contributed by atoms with van der Waals surface area (Å²) in [4.78, 5) is 30.9. The third-order valence-corrected chi connectivity index (χ3v) is 4.42. The fourth-order valence-electron chi connectivity index (χ4n) is 2.93. The molecule has 3 rings (SSSR count). The highest BCUT2D eigenvalue weighted by Gasteiger charge is 2.41. The van der Waals surface area contributed by atoms with Gasteiger partial charge in [-0.3, -0.25) is 4.79 Å². The summed E-state index contributed by atoms with van der Waals surface area (Å²) >= 11 is 0. The number of aliphatic carboxylic acids is 2. The average molecular weight is 497 g/mol. The van der Waals surface area contributed by atoms with Gasteiger partial charge in [-0.15, -0.1) is 0 Å². The Balaban J connectivity index is 0.000000641. The van der Waals surface area contributed by atoms with E-state index in [-0.39, 0.29) is 40.4 Å². The molecule has 0 unspecified atom stereocenters. The zero-order valence-electron chi connectivity index (χ0n) is 18.6. The van der Waals surface area contributed by atoms with Gasteiger partial charge in [-0.05, 0) is 48.7 Å². The molecule has 0 aliphatic carbocycles. The van der Waals surface area contributed by atoms with Crippen LogP contribution in [0, 0.1) is 5.92 Å². The number of alkyl halides is 3. The van der Waals surface area contributed by atoms with Crippen LogP contribution in [0.2, 0.25) is 0 Å². The van der Waals surface area contributed by atoms with Crippen LogP contribution in [0.5, 0.6) is 23.0 Å². The lowest BCUT2D eigenvalue weighted by atomic mass is 9.99. The molecule has 1 heterocycles. The summed E-state index contributed by atoms with van der Waals surface area (Å²) in [7, 11) is 1.44. The van der Waals surface area contributed by atoms with Crippen LogP contribution in [0.4, 0.5) is 13.2 Å². The Hall–Kier alpha value is -4.22. The first-order chi connectivity index (χ1) is 16.3. The molecule has 188 valence electrons. The van der Waals surface area contributed by atoms with Gasteiger partial charge in [0.25, 0.3) is 5.76 Å². The van der Waals surface area contributed by atoms with Gasteiger partial charge in [0.15, 0.2) is 5.97 Å². The van der Waals surface area contributed by atoms with Crippen LogP contribution in [-0.2, 0) is 22.2 Å². The largest absolute Gasteiger partial charge is 0.539 e. The molecular formula is C23H20F3O9-. The van der Waals surface area contributed by atoms with E-state index in [4.69, 9.17) is 33.7 Å². The molecule has 0 aliphatic rings. The number of phenolic OH excluding ortho intramolecular Hbond substituents is 1. The summed E-state index contributed by atoms with van der Waals surface area (Å²) in [5.41, 5.74) is -1.12. The minimum absolute atomic E-state index is 0.0152. The van der Waals surface area contributed by atoms with Crippen molar-refractivity contribution in [2.45, 2.75) is 26.4 Å². The van der Waals surface area contributed by atoms with Crippen molar-refractivity contribution in [2.75, 3.05) is 7.11 Å². The molecule has 0 spiro atoms. The number of benzene rings is 2. The van der Waals surface area contributed by atoms with Crippen LogP contribution in [0.3, 0.4) is 0 Å². The number of carboxylic acid groups (broad SMARTS) is 2. The van der Waals surface area contributed by atoms with E-state index in [9.17, 15) is 23.1 Å². The highest BCUT2D eigenvalue weighted by Crippen LogP contribution is 2.40. The van der Waals surface area contributed by atoms with Gasteiger partial charge in [0.1, 0.15) is 22.8 Å². The van der Waals surface area contributed by atoms with E-state index in [1.54, 1.807) is 0 Å². The van der Waals surface area contributed by atoms with Gasteiger partial charge in [-0.1, -0.05) is 13.8 Å². The molecule has 0 aliphatic heterocycles. The number of ether oxygens (including phenoxy) is 2. The number of fused-ring (bicyclic) bond motifs is 1. The number of carboxylic acids is 2. The van der Waals surface area contributed by atoms with Crippen molar-refractivity contribution >= 4 is 22.9 Å². The number of rotatable bonds is 5. The van der Waals surface area contributed by atoms with Crippen molar-refractivity contribution < 1.29 is 52.0 Å². The molecule has 0 saturated carbocycles. The normalized spacial score (nSPS) is 11.1. The van der Waals surface area contributed by atoms with Crippen LogP contribution < -0.4 is 20.0 Å². The zero-order valence-corrected chi connectivity index (χ0v) is 18.6. The lowest BCUT2D eigenvalue weighted by molar-refractivity contribution is -0.303. The molecule has 0 saturated heterocycles. The van der Waals surface area contributed by atoms with E-state index in [1.807, 2.05) is 13.8 Å². The third-order valence-electron chi connectivity index (χ3n) is 4.42. The highest BCUT2D eigenvalue weighted by atomic mass is 19.4. The van der Waals surface area contributed by atoms with E-state index < -0.39 is 35.1 Å².